The summed E-state index contributed by atoms with van der Waals surface area (Å²) in [5.74, 6) is -0.158. The molecule has 2 saturated heterocycles. The van der Waals surface area contributed by atoms with Crippen LogP contribution in [0.4, 0.5) is 14.4 Å². The van der Waals surface area contributed by atoms with Crippen molar-refractivity contribution in [1.29, 1.82) is 5.26 Å². The molecule has 67 heavy (non-hydrogen) atoms. The van der Waals surface area contributed by atoms with E-state index < -0.39 is 72.0 Å². The summed E-state index contributed by atoms with van der Waals surface area (Å²) in [4.78, 5) is 60.8. The Morgan fingerprint density at radius 1 is 0.910 bits per heavy atom. The lowest BCUT2D eigenvalue weighted by atomic mass is 9.71. The highest BCUT2D eigenvalue weighted by atomic mass is 32.2. The van der Waals surface area contributed by atoms with Gasteiger partial charge in [0.25, 0.3) is 0 Å². The molecular formula is C47H46N4O15S. The lowest BCUT2D eigenvalue weighted by Crippen LogP contribution is -2.69. The van der Waals surface area contributed by atoms with Gasteiger partial charge in [-0.05, 0) is 68.1 Å². The third kappa shape index (κ3) is 6.77. The number of phenols is 1. The number of hydrogen-bond acceptors (Lipinski definition) is 19. The third-order valence-electron chi connectivity index (χ3n) is 13.5. The number of fused-ring (bicyclic) bond motifs is 9. The maximum Gasteiger partial charge on any atom is 0.518 e. The predicted octanol–water partition coefficient (Wildman–Crippen LogP) is 6.67. The minimum Gasteiger partial charge on any atom is -0.507 e. The number of methoxy groups -OCH3 is 2. The zero-order chi connectivity index (χ0) is 47.6. The van der Waals surface area contributed by atoms with Crippen molar-refractivity contribution >= 4 is 36.1 Å². The summed E-state index contributed by atoms with van der Waals surface area (Å²) in [7, 11) is 4.70. The molecule has 0 saturated carbocycles. The zero-order valence-corrected chi connectivity index (χ0v) is 38.0. The first-order valence-electron chi connectivity index (χ1n) is 21.1. The first kappa shape index (κ1) is 45.1. The van der Waals surface area contributed by atoms with E-state index in [4.69, 9.17) is 47.4 Å². The van der Waals surface area contributed by atoms with Gasteiger partial charge in [0, 0.05) is 46.6 Å². The van der Waals surface area contributed by atoms with E-state index in [2.05, 4.69) is 30.7 Å². The molecule has 7 aliphatic heterocycles. The first-order chi connectivity index (χ1) is 32.3. The number of aromatic hydroxyl groups is 1. The number of aryl methyl sites for hydroxylation is 1. The van der Waals surface area contributed by atoms with E-state index in [1.807, 2.05) is 24.9 Å². The van der Waals surface area contributed by atoms with Crippen LogP contribution in [0.25, 0.3) is 0 Å². The van der Waals surface area contributed by atoms with Crippen LogP contribution in [0.1, 0.15) is 61.8 Å². The van der Waals surface area contributed by atoms with Crippen LogP contribution >= 0.6 is 11.8 Å². The fourth-order valence-corrected chi connectivity index (χ4v) is 12.7. The van der Waals surface area contributed by atoms with Crippen molar-refractivity contribution < 1.29 is 71.7 Å². The van der Waals surface area contributed by atoms with Gasteiger partial charge in [0.1, 0.15) is 18.4 Å². The second kappa shape index (κ2) is 17.3. The molecular weight excluding hydrogens is 893 g/mol. The van der Waals surface area contributed by atoms with Crippen molar-refractivity contribution in [2.45, 2.75) is 67.7 Å². The van der Waals surface area contributed by atoms with Crippen molar-refractivity contribution in [2.24, 2.45) is 0 Å². The normalized spacial score (nSPS) is 25.4. The van der Waals surface area contributed by atoms with E-state index in [0.717, 1.165) is 24.3 Å². The first-order valence-corrected chi connectivity index (χ1v) is 22.2. The molecule has 3 aromatic carbocycles. The van der Waals surface area contributed by atoms with Crippen LogP contribution in [0.2, 0.25) is 0 Å². The summed E-state index contributed by atoms with van der Waals surface area (Å²) >= 11 is 1.23. The monoisotopic (exact) mass is 938 g/mol. The van der Waals surface area contributed by atoms with Crippen LogP contribution in [-0.4, -0.2) is 109 Å². The van der Waals surface area contributed by atoms with Gasteiger partial charge in [0.2, 0.25) is 6.79 Å². The summed E-state index contributed by atoms with van der Waals surface area (Å²) in [5.41, 5.74) is 2.18. The Hall–Kier alpha value is -7.08. The van der Waals surface area contributed by atoms with Crippen LogP contribution in [0.3, 0.4) is 0 Å². The number of rotatable bonds is 7. The van der Waals surface area contributed by atoms with E-state index in [-0.39, 0.29) is 59.8 Å². The standard InChI is InChI=1S/C47H46N4O15S/c1-9-59-44(54)50-13-12-24-16-31(65-45(55)60-10-2)30(57-7)17-26(24)47(50)20-67-42-34-33(40-39(63-21-64-40)23(5)37(34)52)29(19-62-43(47)53)51-28(18-48)27-15-25-14-22(4)38(58-8)41(66-46(56)61-11-3)32(25)35(36(42)51)49(27)6/h9-11,14,16-17,27-29,35-36,42,52H,1-3,12-13,15,19-21H2,4-8H3/t27-,28-,29-,35+,36?,42+,47+/m0/s1. The van der Waals surface area contributed by atoms with Gasteiger partial charge in [0.05, 0.1) is 56.4 Å². The predicted molar refractivity (Wildman–Crippen MR) is 235 cm³/mol. The minimum absolute atomic E-state index is 0.0226. The minimum atomic E-state index is -1.97. The van der Waals surface area contributed by atoms with Gasteiger partial charge in [-0.1, -0.05) is 25.8 Å². The molecule has 7 atom stereocenters. The Morgan fingerprint density at radius 2 is 1.63 bits per heavy atom. The third-order valence-corrected chi connectivity index (χ3v) is 15.0. The molecule has 1 N–H and O–H groups in total. The maximum atomic E-state index is 15.5. The second-order valence-electron chi connectivity index (χ2n) is 16.5. The molecule has 2 fully saturated rings. The lowest BCUT2D eigenvalue weighted by Gasteiger charge is -2.62. The van der Waals surface area contributed by atoms with Gasteiger partial charge in [-0.15, -0.1) is 11.8 Å². The highest BCUT2D eigenvalue weighted by molar-refractivity contribution is 7.99. The average Bonchev–Trinajstić information content (AvgIpc) is 3.79. The smallest absolute Gasteiger partial charge is 0.507 e. The van der Waals surface area contributed by atoms with Gasteiger partial charge in [-0.2, -0.15) is 5.26 Å². The summed E-state index contributed by atoms with van der Waals surface area (Å²) in [6, 6.07) is 3.82. The molecule has 0 aromatic heterocycles. The number of hydrogen-bond donors (Lipinski definition) is 1. The van der Waals surface area contributed by atoms with Crippen molar-refractivity contribution in [1.82, 2.24) is 14.7 Å². The molecule has 350 valence electrons. The Kier molecular flexibility index (Phi) is 11.6. The number of esters is 1. The number of phenolic OH excluding ortho intramolecular Hbond substituents is 1. The van der Waals surface area contributed by atoms with E-state index >= 15 is 4.79 Å². The van der Waals surface area contributed by atoms with Crippen molar-refractivity contribution in [2.75, 3.05) is 47.0 Å². The summed E-state index contributed by atoms with van der Waals surface area (Å²) in [6.07, 6.45) is 0.294. The molecule has 1 unspecified atom stereocenters. The molecule has 7 aliphatic rings. The molecule has 1 amide bonds. The van der Waals surface area contributed by atoms with Crippen molar-refractivity contribution in [3.8, 4) is 46.3 Å². The molecule has 3 aromatic rings. The van der Waals surface area contributed by atoms with Gasteiger partial charge in [0.15, 0.2) is 40.0 Å². The molecule has 7 heterocycles. The largest absolute Gasteiger partial charge is 0.518 e. The number of likely N-dealkylation sites (N-methyl/N-ethyl adjacent to an activating group) is 1. The van der Waals surface area contributed by atoms with E-state index in [1.165, 1.54) is 43.0 Å². The van der Waals surface area contributed by atoms with Crippen LogP contribution in [-0.2, 0) is 42.1 Å². The topological polar surface area (TPSA) is 214 Å². The number of nitrogens with zero attached hydrogens (tertiary/aromatic N) is 4. The Bertz CT molecular complexity index is 2700. The maximum absolute atomic E-state index is 15.5. The number of nitriles is 1. The Balaban J connectivity index is 1.31. The van der Waals surface area contributed by atoms with E-state index in [0.29, 0.717) is 51.3 Å². The highest BCUT2D eigenvalue weighted by Gasteiger charge is 2.63. The van der Waals surface area contributed by atoms with Gasteiger partial charge in [-0.3, -0.25) is 14.7 Å². The molecule has 4 bridgehead atoms. The number of benzene rings is 3. The van der Waals surface area contributed by atoms with Crippen LogP contribution in [0.5, 0.6) is 40.2 Å². The number of piperazine rings is 1. The van der Waals surface area contributed by atoms with Crippen LogP contribution < -0.4 is 28.4 Å². The summed E-state index contributed by atoms with van der Waals surface area (Å²) < 4.78 is 57.0. The lowest BCUT2D eigenvalue weighted by molar-refractivity contribution is -0.162. The van der Waals surface area contributed by atoms with Crippen LogP contribution in [0.15, 0.2) is 56.7 Å². The average molecular weight is 939 g/mol. The molecule has 0 radical (unpaired) electrons. The molecule has 19 nitrogen and oxygen atoms in total. The number of thioether (sulfide) groups is 1. The van der Waals surface area contributed by atoms with Crippen LogP contribution in [0, 0.1) is 25.2 Å². The number of carbonyl (C=O) groups is 4. The molecule has 0 aliphatic carbocycles. The number of ether oxygens (including phenoxy) is 10. The van der Waals surface area contributed by atoms with Gasteiger partial charge >= 0.3 is 24.4 Å². The zero-order valence-electron chi connectivity index (χ0n) is 37.2. The molecule has 20 heteroatoms. The van der Waals surface area contributed by atoms with E-state index in [1.54, 1.807) is 6.92 Å². The fourth-order valence-electron chi connectivity index (χ4n) is 10.9. The second-order valence-corrected chi connectivity index (χ2v) is 17.6. The van der Waals surface area contributed by atoms with E-state index in [9.17, 15) is 24.8 Å². The highest BCUT2D eigenvalue weighted by Crippen LogP contribution is 2.65. The SMILES string of the molecule is C=COC(=O)Oc1cc2c(cc1OC)[C@@]1(CS[C@@H]3c4c(O)c(C)c5c(c4[C@H](COC1=O)N1C3[C@H]3c4c(cc(C)c(OC)c4OC(=O)OC=C)C[C@@H]([C@@H]1C#N)N3C)OCO5)N(C(=O)OC=C)CC2. The summed E-state index contributed by atoms with van der Waals surface area (Å²) in [5, 5.41) is 23.0. The number of amides is 1. The van der Waals surface area contributed by atoms with Crippen molar-refractivity contribution in [3.63, 3.8) is 0 Å². The Morgan fingerprint density at radius 3 is 2.31 bits per heavy atom. The van der Waals surface area contributed by atoms with Gasteiger partial charge < -0.3 is 52.5 Å². The number of carbonyl (C=O) groups excluding carboxylic acids is 4. The Labute approximate surface area is 388 Å². The fraction of sp³-hybridized carbons (Fsp3) is 0.383. The molecule has 10 rings (SSSR count). The van der Waals surface area contributed by atoms with Crippen molar-refractivity contribution in [3.05, 3.63) is 101 Å². The summed E-state index contributed by atoms with van der Waals surface area (Å²) in [6.45, 7) is 13.4. The molecule has 1 spiro atoms. The quantitative estimate of drug-likeness (QED) is 0.113. The van der Waals surface area contributed by atoms with Gasteiger partial charge in [-0.25, -0.2) is 19.2 Å².